The molecule has 0 radical (unpaired) electrons. The van der Waals surface area contributed by atoms with Gasteiger partial charge in [-0.3, -0.25) is 4.79 Å². The Hall–Kier alpha value is -2.60. The third-order valence-corrected chi connectivity index (χ3v) is 3.95. The SMILES string of the molecule is O=C(COc1ccccc1-c1cnc[nH]1)NCc1cccs1. The van der Waals surface area contributed by atoms with Crippen molar-refractivity contribution in [2.24, 2.45) is 0 Å². The predicted molar refractivity (Wildman–Crippen MR) is 85.7 cm³/mol. The van der Waals surface area contributed by atoms with Crippen molar-refractivity contribution in [1.82, 2.24) is 15.3 Å². The second kappa shape index (κ2) is 6.91. The number of imidazole rings is 1. The van der Waals surface area contributed by atoms with Crippen molar-refractivity contribution in [3.63, 3.8) is 0 Å². The number of hydrogen-bond donors (Lipinski definition) is 2. The van der Waals surface area contributed by atoms with Crippen LogP contribution < -0.4 is 10.1 Å². The van der Waals surface area contributed by atoms with E-state index < -0.39 is 0 Å². The molecule has 0 saturated heterocycles. The molecule has 6 heteroatoms. The molecule has 0 spiro atoms. The Morgan fingerprint density at radius 1 is 1.27 bits per heavy atom. The van der Waals surface area contributed by atoms with Gasteiger partial charge >= 0.3 is 0 Å². The van der Waals surface area contributed by atoms with Gasteiger partial charge < -0.3 is 15.0 Å². The lowest BCUT2D eigenvalue weighted by Crippen LogP contribution is -2.28. The fourth-order valence-electron chi connectivity index (χ4n) is 2.01. The Kier molecular flexibility index (Phi) is 4.50. The summed E-state index contributed by atoms with van der Waals surface area (Å²) in [4.78, 5) is 20.0. The second-order valence-electron chi connectivity index (χ2n) is 4.61. The molecule has 1 aromatic carbocycles. The molecule has 1 amide bonds. The lowest BCUT2D eigenvalue weighted by Gasteiger charge is -2.10. The first-order chi connectivity index (χ1) is 10.8. The van der Waals surface area contributed by atoms with Gasteiger partial charge in [0.1, 0.15) is 5.75 Å². The normalized spacial score (nSPS) is 10.4. The van der Waals surface area contributed by atoms with Crippen molar-refractivity contribution >= 4 is 17.2 Å². The highest BCUT2D eigenvalue weighted by atomic mass is 32.1. The minimum absolute atomic E-state index is 0.0173. The van der Waals surface area contributed by atoms with Gasteiger partial charge in [-0.15, -0.1) is 11.3 Å². The molecule has 2 aromatic heterocycles. The molecule has 2 N–H and O–H groups in total. The zero-order valence-electron chi connectivity index (χ0n) is 11.8. The Morgan fingerprint density at radius 3 is 2.95 bits per heavy atom. The lowest BCUT2D eigenvalue weighted by molar-refractivity contribution is -0.123. The molecule has 2 heterocycles. The number of benzene rings is 1. The molecule has 0 saturated carbocycles. The molecular formula is C16H15N3O2S. The number of nitrogens with one attached hydrogen (secondary N) is 2. The van der Waals surface area contributed by atoms with E-state index in [1.165, 1.54) is 0 Å². The first-order valence-corrected chi connectivity index (χ1v) is 7.70. The number of ether oxygens (including phenoxy) is 1. The monoisotopic (exact) mass is 313 g/mol. The quantitative estimate of drug-likeness (QED) is 0.735. The Labute approximate surface area is 132 Å². The predicted octanol–water partition coefficient (Wildman–Crippen LogP) is 2.83. The summed E-state index contributed by atoms with van der Waals surface area (Å²) >= 11 is 1.61. The first-order valence-electron chi connectivity index (χ1n) is 6.82. The van der Waals surface area contributed by atoms with Gasteiger partial charge in [-0.05, 0) is 23.6 Å². The van der Waals surface area contributed by atoms with Crippen molar-refractivity contribution in [3.05, 3.63) is 59.2 Å². The van der Waals surface area contributed by atoms with Gasteiger partial charge in [0.25, 0.3) is 5.91 Å². The van der Waals surface area contributed by atoms with Crippen LogP contribution in [0.15, 0.2) is 54.3 Å². The molecule has 22 heavy (non-hydrogen) atoms. The lowest BCUT2D eigenvalue weighted by atomic mass is 10.1. The molecule has 0 fully saturated rings. The molecule has 0 unspecified atom stereocenters. The van der Waals surface area contributed by atoms with Crippen LogP contribution in [-0.2, 0) is 11.3 Å². The van der Waals surface area contributed by atoms with Gasteiger partial charge in [0.15, 0.2) is 6.61 Å². The third kappa shape index (κ3) is 3.53. The maximum absolute atomic E-state index is 11.9. The Bertz CT molecular complexity index is 724. The van der Waals surface area contributed by atoms with E-state index in [0.717, 1.165) is 16.1 Å². The average molecular weight is 313 g/mol. The van der Waals surface area contributed by atoms with Gasteiger partial charge in [0.2, 0.25) is 0 Å². The summed E-state index contributed by atoms with van der Waals surface area (Å²) in [6.45, 7) is 0.512. The summed E-state index contributed by atoms with van der Waals surface area (Å²) < 4.78 is 5.64. The topological polar surface area (TPSA) is 67.0 Å². The summed E-state index contributed by atoms with van der Waals surface area (Å²) in [6.07, 6.45) is 3.33. The van der Waals surface area contributed by atoms with Crippen LogP contribution in [0.2, 0.25) is 0 Å². The second-order valence-corrected chi connectivity index (χ2v) is 5.64. The maximum Gasteiger partial charge on any atom is 0.258 e. The molecule has 3 aromatic rings. The minimum Gasteiger partial charge on any atom is -0.483 e. The fourth-order valence-corrected chi connectivity index (χ4v) is 2.66. The molecular weight excluding hydrogens is 298 g/mol. The molecule has 5 nitrogen and oxygen atoms in total. The standard InChI is InChI=1S/C16H15N3O2S/c20-16(18-8-12-4-3-7-22-12)10-21-15-6-2-1-5-13(15)14-9-17-11-19-14/h1-7,9,11H,8,10H2,(H,17,19)(H,18,20). The number of H-pyrrole nitrogens is 1. The van der Waals surface area contributed by atoms with E-state index in [9.17, 15) is 4.79 Å². The highest BCUT2D eigenvalue weighted by Crippen LogP contribution is 2.27. The van der Waals surface area contributed by atoms with Crippen LogP contribution in [0.5, 0.6) is 5.75 Å². The summed E-state index contributed by atoms with van der Waals surface area (Å²) in [7, 11) is 0. The molecule has 0 aliphatic carbocycles. The average Bonchev–Trinajstić information content (AvgIpc) is 3.24. The van der Waals surface area contributed by atoms with Crippen LogP contribution in [0, 0.1) is 0 Å². The zero-order valence-corrected chi connectivity index (χ0v) is 12.6. The van der Waals surface area contributed by atoms with Gasteiger partial charge in [-0.1, -0.05) is 18.2 Å². The highest BCUT2D eigenvalue weighted by Gasteiger charge is 2.09. The number of para-hydroxylation sites is 1. The van der Waals surface area contributed by atoms with Crippen molar-refractivity contribution < 1.29 is 9.53 Å². The van der Waals surface area contributed by atoms with E-state index in [0.29, 0.717) is 12.3 Å². The first kappa shape index (κ1) is 14.3. The van der Waals surface area contributed by atoms with Crippen molar-refractivity contribution in [2.45, 2.75) is 6.54 Å². The number of hydrogen-bond acceptors (Lipinski definition) is 4. The van der Waals surface area contributed by atoms with Gasteiger partial charge in [0.05, 0.1) is 24.8 Å². The number of rotatable bonds is 6. The van der Waals surface area contributed by atoms with E-state index in [4.69, 9.17) is 4.74 Å². The Morgan fingerprint density at radius 2 is 2.18 bits per heavy atom. The van der Waals surface area contributed by atoms with Crippen LogP contribution in [0.25, 0.3) is 11.3 Å². The summed E-state index contributed by atoms with van der Waals surface area (Å²) in [5.74, 6) is 0.505. The van der Waals surface area contributed by atoms with Crippen LogP contribution in [0.4, 0.5) is 0 Å². The number of thiophene rings is 1. The van der Waals surface area contributed by atoms with Crippen molar-refractivity contribution in [3.8, 4) is 17.0 Å². The van der Waals surface area contributed by atoms with Crippen molar-refractivity contribution in [1.29, 1.82) is 0 Å². The van der Waals surface area contributed by atoms with Crippen molar-refractivity contribution in [2.75, 3.05) is 6.61 Å². The number of amides is 1. The molecule has 112 valence electrons. The number of carbonyl (C=O) groups excluding carboxylic acids is 1. The van der Waals surface area contributed by atoms with Crippen LogP contribution >= 0.6 is 11.3 Å². The number of carbonyl (C=O) groups is 1. The summed E-state index contributed by atoms with van der Waals surface area (Å²) in [5, 5.41) is 4.82. The maximum atomic E-state index is 11.9. The molecule has 3 rings (SSSR count). The number of nitrogens with zero attached hydrogens (tertiary/aromatic N) is 1. The van der Waals surface area contributed by atoms with Gasteiger partial charge in [-0.25, -0.2) is 4.98 Å². The van der Waals surface area contributed by atoms with E-state index in [-0.39, 0.29) is 12.5 Å². The largest absolute Gasteiger partial charge is 0.483 e. The van der Waals surface area contributed by atoms with E-state index >= 15 is 0 Å². The molecule has 0 bridgehead atoms. The van der Waals surface area contributed by atoms with Crippen LogP contribution in [0.1, 0.15) is 4.88 Å². The Balaban J connectivity index is 1.58. The van der Waals surface area contributed by atoms with Crippen LogP contribution in [0.3, 0.4) is 0 Å². The van der Waals surface area contributed by atoms with Gasteiger partial charge in [0, 0.05) is 10.4 Å². The molecule has 0 atom stereocenters. The molecule has 0 aliphatic rings. The summed E-state index contributed by atoms with van der Waals surface area (Å²) in [6, 6.07) is 11.5. The summed E-state index contributed by atoms with van der Waals surface area (Å²) in [5.41, 5.74) is 1.74. The van der Waals surface area contributed by atoms with Gasteiger partial charge in [-0.2, -0.15) is 0 Å². The van der Waals surface area contributed by atoms with Crippen LogP contribution in [-0.4, -0.2) is 22.5 Å². The number of aromatic amines is 1. The minimum atomic E-state index is -0.146. The fraction of sp³-hybridized carbons (Fsp3) is 0.125. The van der Waals surface area contributed by atoms with E-state index in [1.807, 2.05) is 41.8 Å². The van der Waals surface area contributed by atoms with E-state index in [2.05, 4.69) is 15.3 Å². The highest BCUT2D eigenvalue weighted by molar-refractivity contribution is 7.09. The number of aromatic nitrogens is 2. The zero-order chi connectivity index (χ0) is 15.2. The van der Waals surface area contributed by atoms with E-state index in [1.54, 1.807) is 23.9 Å². The molecule has 0 aliphatic heterocycles. The third-order valence-electron chi connectivity index (χ3n) is 3.07. The smallest absolute Gasteiger partial charge is 0.258 e.